The lowest BCUT2D eigenvalue weighted by atomic mass is 9.90. The molecule has 100 valence electrons. The lowest BCUT2D eigenvalue weighted by molar-refractivity contribution is 0.395. The minimum absolute atomic E-state index is 0.594. The third kappa shape index (κ3) is 2.54. The Morgan fingerprint density at radius 1 is 1.26 bits per heavy atom. The van der Waals surface area contributed by atoms with Crippen LogP contribution in [0, 0.1) is 0 Å². The van der Waals surface area contributed by atoms with Crippen molar-refractivity contribution in [3.05, 3.63) is 36.2 Å². The van der Waals surface area contributed by atoms with Crippen LogP contribution in [-0.2, 0) is 0 Å². The summed E-state index contributed by atoms with van der Waals surface area (Å²) in [6.45, 7) is 2.11. The SMILES string of the molecule is COc1cc(C2CCN(c3ccn[nH]3)CC2)ccn1. The third-order valence-corrected chi connectivity index (χ3v) is 3.76. The van der Waals surface area contributed by atoms with E-state index in [1.54, 1.807) is 13.3 Å². The standard InChI is InChI=1S/C14H18N4O/c1-19-14-10-12(2-6-15-14)11-4-8-18(9-5-11)13-3-7-16-17-13/h2-3,6-7,10-11H,4-5,8-9H2,1H3,(H,16,17). The molecule has 3 heterocycles. The minimum Gasteiger partial charge on any atom is -0.481 e. The molecule has 0 radical (unpaired) electrons. The molecule has 2 aromatic rings. The number of aromatic nitrogens is 3. The van der Waals surface area contributed by atoms with Crippen LogP contribution >= 0.6 is 0 Å². The molecule has 19 heavy (non-hydrogen) atoms. The van der Waals surface area contributed by atoms with E-state index in [1.165, 1.54) is 5.56 Å². The number of hydrogen-bond acceptors (Lipinski definition) is 4. The van der Waals surface area contributed by atoms with E-state index in [2.05, 4.69) is 32.2 Å². The van der Waals surface area contributed by atoms with E-state index in [1.807, 2.05) is 12.3 Å². The predicted octanol–water partition coefficient (Wildman–Crippen LogP) is 2.20. The van der Waals surface area contributed by atoms with Gasteiger partial charge in [-0.15, -0.1) is 0 Å². The summed E-state index contributed by atoms with van der Waals surface area (Å²) in [4.78, 5) is 6.51. The van der Waals surface area contributed by atoms with Crippen LogP contribution in [0.3, 0.4) is 0 Å². The number of rotatable bonds is 3. The molecule has 1 fully saturated rings. The molecule has 0 saturated carbocycles. The Kier molecular flexibility index (Phi) is 3.35. The van der Waals surface area contributed by atoms with Crippen molar-refractivity contribution >= 4 is 5.82 Å². The molecule has 1 aliphatic rings. The maximum atomic E-state index is 5.19. The van der Waals surface area contributed by atoms with Gasteiger partial charge < -0.3 is 9.64 Å². The first-order valence-corrected chi connectivity index (χ1v) is 6.61. The largest absolute Gasteiger partial charge is 0.481 e. The molecule has 5 nitrogen and oxygen atoms in total. The number of H-pyrrole nitrogens is 1. The van der Waals surface area contributed by atoms with Crippen LogP contribution in [0.1, 0.15) is 24.3 Å². The smallest absolute Gasteiger partial charge is 0.213 e. The first-order valence-electron chi connectivity index (χ1n) is 6.61. The van der Waals surface area contributed by atoms with Crippen molar-refractivity contribution in [1.82, 2.24) is 15.2 Å². The number of piperidine rings is 1. The van der Waals surface area contributed by atoms with E-state index in [0.717, 1.165) is 31.7 Å². The Labute approximate surface area is 112 Å². The van der Waals surface area contributed by atoms with E-state index in [9.17, 15) is 0 Å². The molecule has 0 spiro atoms. The lowest BCUT2D eigenvalue weighted by Crippen LogP contribution is -2.33. The molecule has 0 aromatic carbocycles. The second-order valence-electron chi connectivity index (χ2n) is 4.83. The van der Waals surface area contributed by atoms with Crippen LogP contribution < -0.4 is 9.64 Å². The molecule has 1 aliphatic heterocycles. The highest BCUT2D eigenvalue weighted by molar-refractivity contribution is 5.38. The second kappa shape index (κ2) is 5.30. The zero-order chi connectivity index (χ0) is 13.1. The Morgan fingerprint density at radius 3 is 2.79 bits per heavy atom. The fourth-order valence-electron chi connectivity index (χ4n) is 2.67. The van der Waals surface area contributed by atoms with Gasteiger partial charge in [-0.05, 0) is 30.4 Å². The van der Waals surface area contributed by atoms with Crippen LogP contribution in [0.2, 0.25) is 0 Å². The molecule has 0 amide bonds. The monoisotopic (exact) mass is 258 g/mol. The van der Waals surface area contributed by atoms with Crippen LogP contribution in [0.5, 0.6) is 5.88 Å². The van der Waals surface area contributed by atoms with Gasteiger partial charge in [-0.3, -0.25) is 5.10 Å². The second-order valence-corrected chi connectivity index (χ2v) is 4.83. The number of aromatic amines is 1. The van der Waals surface area contributed by atoms with Crippen LogP contribution in [-0.4, -0.2) is 35.4 Å². The fourth-order valence-corrected chi connectivity index (χ4v) is 2.67. The molecule has 3 rings (SSSR count). The summed E-state index contributed by atoms with van der Waals surface area (Å²) in [5.41, 5.74) is 1.33. The highest BCUT2D eigenvalue weighted by atomic mass is 16.5. The molecule has 1 saturated heterocycles. The van der Waals surface area contributed by atoms with Gasteiger partial charge in [0.1, 0.15) is 5.82 Å². The normalized spacial score (nSPS) is 16.6. The van der Waals surface area contributed by atoms with Crippen molar-refractivity contribution in [2.75, 3.05) is 25.1 Å². The molecule has 2 aromatic heterocycles. The van der Waals surface area contributed by atoms with E-state index < -0.39 is 0 Å². The zero-order valence-electron chi connectivity index (χ0n) is 11.0. The van der Waals surface area contributed by atoms with Gasteiger partial charge in [0.2, 0.25) is 5.88 Å². The highest BCUT2D eigenvalue weighted by Crippen LogP contribution is 2.30. The summed E-state index contributed by atoms with van der Waals surface area (Å²) in [7, 11) is 1.66. The molecule has 0 bridgehead atoms. The van der Waals surface area contributed by atoms with Gasteiger partial charge in [-0.2, -0.15) is 5.10 Å². The number of ether oxygens (including phenoxy) is 1. The van der Waals surface area contributed by atoms with Gasteiger partial charge >= 0.3 is 0 Å². The van der Waals surface area contributed by atoms with Crippen molar-refractivity contribution in [3.8, 4) is 5.88 Å². The summed E-state index contributed by atoms with van der Waals surface area (Å²) in [5, 5.41) is 7.03. The Balaban J connectivity index is 1.66. The summed E-state index contributed by atoms with van der Waals surface area (Å²) < 4.78 is 5.19. The maximum absolute atomic E-state index is 5.19. The van der Waals surface area contributed by atoms with Crippen molar-refractivity contribution in [2.24, 2.45) is 0 Å². The molecular weight excluding hydrogens is 240 g/mol. The van der Waals surface area contributed by atoms with Crippen molar-refractivity contribution < 1.29 is 4.74 Å². The Hall–Kier alpha value is -2.04. The first-order chi connectivity index (χ1) is 9.36. The maximum Gasteiger partial charge on any atom is 0.213 e. The quantitative estimate of drug-likeness (QED) is 0.917. The highest BCUT2D eigenvalue weighted by Gasteiger charge is 2.21. The van der Waals surface area contributed by atoms with Gasteiger partial charge in [-0.25, -0.2) is 4.98 Å². The molecule has 0 unspecified atom stereocenters. The van der Waals surface area contributed by atoms with Gasteiger partial charge in [0.25, 0.3) is 0 Å². The number of methoxy groups -OCH3 is 1. The third-order valence-electron chi connectivity index (χ3n) is 3.76. The first kappa shape index (κ1) is 12.0. The van der Waals surface area contributed by atoms with Gasteiger partial charge in [-0.1, -0.05) is 0 Å². The molecule has 1 N–H and O–H groups in total. The van der Waals surface area contributed by atoms with Crippen molar-refractivity contribution in [1.29, 1.82) is 0 Å². The summed E-state index contributed by atoms with van der Waals surface area (Å²) in [6, 6.07) is 6.17. The lowest BCUT2D eigenvalue weighted by Gasteiger charge is -2.32. The van der Waals surface area contributed by atoms with Crippen molar-refractivity contribution in [3.63, 3.8) is 0 Å². The number of nitrogens with one attached hydrogen (secondary N) is 1. The topological polar surface area (TPSA) is 54.0 Å². The number of nitrogens with zero attached hydrogens (tertiary/aromatic N) is 3. The van der Waals surface area contributed by atoms with E-state index in [0.29, 0.717) is 11.8 Å². The fraction of sp³-hybridized carbons (Fsp3) is 0.429. The Bertz CT molecular complexity index is 518. The average Bonchev–Trinajstić information content (AvgIpc) is 3.02. The minimum atomic E-state index is 0.594. The summed E-state index contributed by atoms with van der Waals surface area (Å²) in [6.07, 6.45) is 5.92. The van der Waals surface area contributed by atoms with Gasteiger partial charge in [0, 0.05) is 31.4 Å². The van der Waals surface area contributed by atoms with E-state index >= 15 is 0 Å². The average molecular weight is 258 g/mol. The van der Waals surface area contributed by atoms with Crippen LogP contribution in [0.15, 0.2) is 30.6 Å². The van der Waals surface area contributed by atoms with Crippen molar-refractivity contribution in [2.45, 2.75) is 18.8 Å². The number of anilines is 1. The van der Waals surface area contributed by atoms with Crippen LogP contribution in [0.25, 0.3) is 0 Å². The molecule has 0 atom stereocenters. The zero-order valence-corrected chi connectivity index (χ0v) is 11.0. The number of pyridine rings is 1. The van der Waals surface area contributed by atoms with Gasteiger partial charge in [0.15, 0.2) is 0 Å². The molecular formula is C14H18N4O. The van der Waals surface area contributed by atoms with Crippen LogP contribution in [0.4, 0.5) is 5.82 Å². The Morgan fingerprint density at radius 2 is 2.11 bits per heavy atom. The molecule has 5 heteroatoms. The van der Waals surface area contributed by atoms with Gasteiger partial charge in [0.05, 0.1) is 13.3 Å². The molecule has 0 aliphatic carbocycles. The van der Waals surface area contributed by atoms with E-state index in [-0.39, 0.29) is 0 Å². The predicted molar refractivity (Wildman–Crippen MR) is 73.6 cm³/mol. The summed E-state index contributed by atoms with van der Waals surface area (Å²) in [5.74, 6) is 2.41. The summed E-state index contributed by atoms with van der Waals surface area (Å²) >= 11 is 0. The number of hydrogen-bond donors (Lipinski definition) is 1. The van der Waals surface area contributed by atoms with E-state index in [4.69, 9.17) is 4.74 Å².